The van der Waals surface area contributed by atoms with Crippen molar-refractivity contribution in [3.63, 3.8) is 0 Å². The zero-order valence-electron chi connectivity index (χ0n) is 11.0. The van der Waals surface area contributed by atoms with Crippen molar-refractivity contribution in [2.24, 2.45) is 0 Å². The van der Waals surface area contributed by atoms with Crippen LogP contribution in [0.4, 0.5) is 0 Å². The third-order valence-corrected chi connectivity index (χ3v) is 4.43. The first-order valence-corrected chi connectivity index (χ1v) is 7.55. The van der Waals surface area contributed by atoms with Gasteiger partial charge < -0.3 is 0 Å². The zero-order chi connectivity index (χ0) is 14.4. The van der Waals surface area contributed by atoms with Crippen LogP contribution in [0.25, 0.3) is 32.6 Å². The highest BCUT2D eigenvalue weighted by molar-refractivity contribution is 7.18. The molecular formula is C15H9ClN4S. The van der Waals surface area contributed by atoms with Crippen LogP contribution in [0.2, 0.25) is 5.15 Å². The quantitative estimate of drug-likeness (QED) is 0.493. The number of hydrogen-bond donors (Lipinski definition) is 0. The van der Waals surface area contributed by atoms with E-state index in [9.17, 15) is 0 Å². The molecule has 0 bridgehead atoms. The number of aryl methyl sites for hydroxylation is 1. The van der Waals surface area contributed by atoms with Crippen molar-refractivity contribution in [3.8, 4) is 11.4 Å². The van der Waals surface area contributed by atoms with Crippen molar-refractivity contribution in [1.29, 1.82) is 0 Å². The van der Waals surface area contributed by atoms with Crippen molar-refractivity contribution >= 4 is 44.2 Å². The van der Waals surface area contributed by atoms with Crippen LogP contribution in [0.1, 0.15) is 4.88 Å². The van der Waals surface area contributed by atoms with Crippen LogP contribution in [0, 0.1) is 6.92 Å². The van der Waals surface area contributed by atoms with Crippen molar-refractivity contribution < 1.29 is 0 Å². The van der Waals surface area contributed by atoms with E-state index in [2.05, 4.69) is 19.9 Å². The van der Waals surface area contributed by atoms with Crippen LogP contribution >= 0.6 is 22.9 Å². The molecule has 3 heterocycles. The molecule has 0 spiro atoms. The Labute approximate surface area is 129 Å². The van der Waals surface area contributed by atoms with E-state index >= 15 is 0 Å². The normalized spacial score (nSPS) is 11.3. The summed E-state index contributed by atoms with van der Waals surface area (Å²) in [5.41, 5.74) is 2.55. The molecule has 0 aliphatic carbocycles. The molecule has 0 aliphatic heterocycles. The van der Waals surface area contributed by atoms with E-state index in [4.69, 9.17) is 11.6 Å². The lowest BCUT2D eigenvalue weighted by molar-refractivity contribution is 1.23. The monoisotopic (exact) mass is 312 g/mol. The fourth-order valence-electron chi connectivity index (χ4n) is 2.24. The first-order valence-electron chi connectivity index (χ1n) is 6.35. The first kappa shape index (κ1) is 12.6. The summed E-state index contributed by atoms with van der Waals surface area (Å²) in [5.74, 6) is 0.613. The van der Waals surface area contributed by atoms with Gasteiger partial charge in [-0.1, -0.05) is 11.6 Å². The summed E-state index contributed by atoms with van der Waals surface area (Å²) in [6.07, 6.45) is 3.35. The van der Waals surface area contributed by atoms with E-state index in [1.54, 1.807) is 23.7 Å². The molecule has 0 saturated carbocycles. The Balaban J connectivity index is 1.94. The Hall–Kier alpha value is -2.11. The van der Waals surface area contributed by atoms with Gasteiger partial charge in [0.2, 0.25) is 0 Å². The van der Waals surface area contributed by atoms with Gasteiger partial charge in [0.25, 0.3) is 0 Å². The highest BCUT2D eigenvalue weighted by Gasteiger charge is 2.11. The third-order valence-electron chi connectivity index (χ3n) is 3.20. The molecule has 21 heavy (non-hydrogen) atoms. The van der Waals surface area contributed by atoms with E-state index in [-0.39, 0.29) is 0 Å². The SMILES string of the molecule is Cc1cc2c(Cl)nc(-c3ccc4nccnc4c3)nc2s1. The number of benzene rings is 1. The van der Waals surface area contributed by atoms with Gasteiger partial charge in [-0.2, -0.15) is 0 Å². The smallest absolute Gasteiger partial charge is 0.162 e. The summed E-state index contributed by atoms with van der Waals surface area (Å²) in [6, 6.07) is 7.80. The molecule has 3 aromatic heterocycles. The van der Waals surface area contributed by atoms with Crippen molar-refractivity contribution in [3.05, 3.63) is 46.7 Å². The fraction of sp³-hybridized carbons (Fsp3) is 0.0667. The maximum atomic E-state index is 6.27. The van der Waals surface area contributed by atoms with Gasteiger partial charge in [0, 0.05) is 28.2 Å². The van der Waals surface area contributed by atoms with Gasteiger partial charge in [-0.25, -0.2) is 9.97 Å². The molecule has 4 rings (SSSR count). The summed E-state index contributed by atoms with van der Waals surface area (Å²) in [6.45, 7) is 2.04. The van der Waals surface area contributed by atoms with Gasteiger partial charge in [0.1, 0.15) is 9.98 Å². The lowest BCUT2D eigenvalue weighted by Crippen LogP contribution is -1.91. The van der Waals surface area contributed by atoms with Gasteiger partial charge in [-0.05, 0) is 31.2 Å². The van der Waals surface area contributed by atoms with Crippen LogP contribution in [-0.4, -0.2) is 19.9 Å². The Morgan fingerprint density at radius 3 is 2.67 bits per heavy atom. The predicted octanol–water partition coefficient (Wildman–Crippen LogP) is 4.26. The lowest BCUT2D eigenvalue weighted by Gasteiger charge is -2.03. The van der Waals surface area contributed by atoms with Crippen LogP contribution in [-0.2, 0) is 0 Å². The summed E-state index contributed by atoms with van der Waals surface area (Å²) in [7, 11) is 0. The maximum Gasteiger partial charge on any atom is 0.162 e. The third kappa shape index (κ3) is 2.14. The number of hydrogen-bond acceptors (Lipinski definition) is 5. The molecular weight excluding hydrogens is 304 g/mol. The Morgan fingerprint density at radius 2 is 1.81 bits per heavy atom. The second-order valence-electron chi connectivity index (χ2n) is 4.67. The zero-order valence-corrected chi connectivity index (χ0v) is 12.6. The number of thiophene rings is 1. The minimum absolute atomic E-state index is 0.485. The largest absolute Gasteiger partial charge is 0.253 e. The minimum Gasteiger partial charge on any atom is -0.253 e. The van der Waals surface area contributed by atoms with Crippen LogP contribution in [0.3, 0.4) is 0 Å². The summed E-state index contributed by atoms with van der Waals surface area (Å²) < 4.78 is 0. The fourth-order valence-corrected chi connectivity index (χ4v) is 3.40. The number of nitrogens with zero attached hydrogens (tertiary/aromatic N) is 4. The van der Waals surface area contributed by atoms with E-state index in [0.717, 1.165) is 26.8 Å². The van der Waals surface area contributed by atoms with Crippen molar-refractivity contribution in [1.82, 2.24) is 19.9 Å². The topological polar surface area (TPSA) is 51.6 Å². The van der Waals surface area contributed by atoms with Crippen molar-refractivity contribution in [2.45, 2.75) is 6.92 Å². The molecule has 0 radical (unpaired) electrons. The van der Waals surface area contributed by atoms with Crippen molar-refractivity contribution in [2.75, 3.05) is 0 Å². The van der Waals surface area contributed by atoms with Gasteiger partial charge in [-0.3, -0.25) is 9.97 Å². The summed E-state index contributed by atoms with van der Waals surface area (Å²) >= 11 is 7.89. The van der Waals surface area contributed by atoms with Crippen LogP contribution in [0.5, 0.6) is 0 Å². The molecule has 0 saturated heterocycles. The molecule has 102 valence electrons. The van der Waals surface area contributed by atoms with E-state index in [1.165, 1.54) is 4.88 Å². The Kier molecular flexibility index (Phi) is 2.83. The lowest BCUT2D eigenvalue weighted by atomic mass is 10.2. The van der Waals surface area contributed by atoms with E-state index in [0.29, 0.717) is 11.0 Å². The van der Waals surface area contributed by atoms with E-state index in [1.807, 2.05) is 31.2 Å². The van der Waals surface area contributed by atoms with Gasteiger partial charge >= 0.3 is 0 Å². The van der Waals surface area contributed by atoms with Gasteiger partial charge in [0.05, 0.1) is 11.0 Å². The highest BCUT2D eigenvalue weighted by atomic mass is 35.5. The highest BCUT2D eigenvalue weighted by Crippen LogP contribution is 2.31. The second-order valence-corrected chi connectivity index (χ2v) is 6.27. The molecule has 4 aromatic rings. The number of aromatic nitrogens is 4. The summed E-state index contributed by atoms with van der Waals surface area (Å²) in [4.78, 5) is 19.7. The molecule has 0 unspecified atom stereocenters. The summed E-state index contributed by atoms with van der Waals surface area (Å²) in [5, 5.41) is 1.39. The van der Waals surface area contributed by atoms with E-state index < -0.39 is 0 Å². The molecule has 6 heteroatoms. The number of halogens is 1. The second kappa shape index (κ2) is 4.72. The standard InChI is InChI=1S/C15H9ClN4S/c1-8-6-10-13(16)19-14(20-15(10)21-8)9-2-3-11-12(7-9)18-5-4-17-11/h2-7H,1H3. The number of rotatable bonds is 1. The Bertz CT molecular complexity index is 980. The molecule has 4 nitrogen and oxygen atoms in total. The first-order chi connectivity index (χ1) is 10.2. The predicted molar refractivity (Wildman–Crippen MR) is 85.7 cm³/mol. The molecule has 0 atom stereocenters. The minimum atomic E-state index is 0.485. The van der Waals surface area contributed by atoms with Crippen LogP contribution < -0.4 is 0 Å². The maximum absolute atomic E-state index is 6.27. The molecule has 0 fully saturated rings. The molecule has 0 aliphatic rings. The van der Waals surface area contributed by atoms with Crippen LogP contribution in [0.15, 0.2) is 36.7 Å². The Morgan fingerprint density at radius 1 is 1.00 bits per heavy atom. The molecule has 0 amide bonds. The average Bonchev–Trinajstić information content (AvgIpc) is 2.88. The van der Waals surface area contributed by atoms with Gasteiger partial charge in [0.15, 0.2) is 5.82 Å². The number of fused-ring (bicyclic) bond motifs is 2. The molecule has 1 aromatic carbocycles. The average molecular weight is 313 g/mol. The van der Waals surface area contributed by atoms with Gasteiger partial charge in [-0.15, -0.1) is 11.3 Å². The molecule has 0 N–H and O–H groups in total.